The molecule has 102 valence electrons. The molecule has 1 aromatic carbocycles. The predicted molar refractivity (Wildman–Crippen MR) is 83.6 cm³/mol. The van der Waals surface area contributed by atoms with Gasteiger partial charge in [0.15, 0.2) is 0 Å². The van der Waals surface area contributed by atoms with Gasteiger partial charge in [-0.05, 0) is 51.5 Å². The summed E-state index contributed by atoms with van der Waals surface area (Å²) in [5.74, 6) is 0. The zero-order chi connectivity index (χ0) is 14.2. The lowest BCUT2D eigenvalue weighted by molar-refractivity contribution is 0.728. The number of hydrogen-bond donors (Lipinski definition) is 1. The van der Waals surface area contributed by atoms with E-state index in [2.05, 4.69) is 72.2 Å². The Bertz CT molecular complexity index is 602. The summed E-state index contributed by atoms with van der Waals surface area (Å²) in [6, 6.07) is 6.57. The average Bonchev–Trinajstić information content (AvgIpc) is 2.58. The first kappa shape index (κ1) is 14.1. The molecule has 2 aromatic rings. The molecule has 0 amide bonds. The molecular weight excluding hydrogens is 302 g/mol. The SMILES string of the molecule is Cc1cc(NC(C)c2c(C)nn(C)c2C)ccc1Br. The van der Waals surface area contributed by atoms with Crippen LogP contribution in [-0.2, 0) is 7.05 Å². The molecule has 0 aliphatic carbocycles. The fourth-order valence-corrected chi connectivity index (χ4v) is 2.72. The Morgan fingerprint density at radius 2 is 1.95 bits per heavy atom. The maximum atomic E-state index is 4.47. The van der Waals surface area contributed by atoms with Crippen LogP contribution in [-0.4, -0.2) is 9.78 Å². The maximum Gasteiger partial charge on any atom is 0.0649 e. The van der Waals surface area contributed by atoms with E-state index in [9.17, 15) is 0 Å². The number of halogens is 1. The Morgan fingerprint density at radius 1 is 1.26 bits per heavy atom. The van der Waals surface area contributed by atoms with Crippen molar-refractivity contribution >= 4 is 21.6 Å². The normalized spacial score (nSPS) is 12.5. The second kappa shape index (κ2) is 5.37. The lowest BCUT2D eigenvalue weighted by atomic mass is 10.1. The molecule has 0 aliphatic rings. The third-order valence-corrected chi connectivity index (χ3v) is 4.43. The van der Waals surface area contributed by atoms with Crippen molar-refractivity contribution in [3.63, 3.8) is 0 Å². The third kappa shape index (κ3) is 2.84. The molecule has 0 bridgehead atoms. The largest absolute Gasteiger partial charge is 0.378 e. The number of aromatic nitrogens is 2. The van der Waals surface area contributed by atoms with Crippen LogP contribution >= 0.6 is 15.9 Å². The number of anilines is 1. The Balaban J connectivity index is 2.25. The molecule has 2 rings (SSSR count). The van der Waals surface area contributed by atoms with E-state index in [0.717, 1.165) is 15.9 Å². The highest BCUT2D eigenvalue weighted by Crippen LogP contribution is 2.26. The minimum absolute atomic E-state index is 0.245. The van der Waals surface area contributed by atoms with Crippen molar-refractivity contribution in [2.45, 2.75) is 33.7 Å². The van der Waals surface area contributed by atoms with Crippen LogP contribution in [0.25, 0.3) is 0 Å². The van der Waals surface area contributed by atoms with Gasteiger partial charge in [0, 0.05) is 28.5 Å². The van der Waals surface area contributed by atoms with Crippen LogP contribution in [0.4, 0.5) is 5.69 Å². The Hall–Kier alpha value is -1.29. The second-order valence-corrected chi connectivity index (χ2v) is 5.89. The van der Waals surface area contributed by atoms with Gasteiger partial charge in [0.2, 0.25) is 0 Å². The van der Waals surface area contributed by atoms with E-state index in [1.807, 2.05) is 11.7 Å². The van der Waals surface area contributed by atoms with E-state index in [1.54, 1.807) is 0 Å². The van der Waals surface area contributed by atoms with Gasteiger partial charge in [-0.1, -0.05) is 15.9 Å². The summed E-state index contributed by atoms with van der Waals surface area (Å²) in [7, 11) is 1.99. The smallest absolute Gasteiger partial charge is 0.0649 e. The standard InChI is InChI=1S/C15H20BrN3/c1-9-8-13(6-7-14(9)16)17-10(2)15-11(3)18-19(5)12(15)4/h6-8,10,17H,1-5H3. The van der Waals surface area contributed by atoms with Crippen molar-refractivity contribution in [3.8, 4) is 0 Å². The Labute approximate surface area is 123 Å². The van der Waals surface area contributed by atoms with Gasteiger partial charge in [-0.2, -0.15) is 5.10 Å². The number of benzene rings is 1. The van der Waals surface area contributed by atoms with Crippen molar-refractivity contribution in [3.05, 3.63) is 45.2 Å². The maximum absolute atomic E-state index is 4.47. The third-order valence-electron chi connectivity index (χ3n) is 3.54. The van der Waals surface area contributed by atoms with E-state index in [1.165, 1.54) is 16.8 Å². The first-order chi connectivity index (χ1) is 8.90. The van der Waals surface area contributed by atoms with Gasteiger partial charge in [0.05, 0.1) is 11.7 Å². The van der Waals surface area contributed by atoms with E-state index < -0.39 is 0 Å². The summed E-state index contributed by atoms with van der Waals surface area (Å²) in [5, 5.41) is 8.02. The molecule has 0 radical (unpaired) electrons. The molecule has 1 aromatic heterocycles. The first-order valence-corrected chi connectivity index (χ1v) is 7.22. The summed E-state index contributed by atoms with van der Waals surface area (Å²) in [6.45, 7) is 8.45. The lowest BCUT2D eigenvalue weighted by Gasteiger charge is -2.17. The van der Waals surface area contributed by atoms with E-state index in [4.69, 9.17) is 0 Å². The minimum atomic E-state index is 0.245. The summed E-state index contributed by atoms with van der Waals surface area (Å²) < 4.78 is 3.08. The number of hydrogen-bond acceptors (Lipinski definition) is 2. The van der Waals surface area contributed by atoms with Crippen molar-refractivity contribution in [1.29, 1.82) is 0 Å². The van der Waals surface area contributed by atoms with Crippen molar-refractivity contribution in [1.82, 2.24) is 9.78 Å². The predicted octanol–water partition coefficient (Wildman–Crippen LogP) is 4.28. The van der Waals surface area contributed by atoms with Gasteiger partial charge in [-0.3, -0.25) is 4.68 Å². The Kier molecular flexibility index (Phi) is 3.99. The van der Waals surface area contributed by atoms with Gasteiger partial charge in [-0.25, -0.2) is 0 Å². The summed E-state index contributed by atoms with van der Waals surface area (Å²) in [4.78, 5) is 0. The average molecular weight is 322 g/mol. The van der Waals surface area contributed by atoms with Crippen LogP contribution in [0.5, 0.6) is 0 Å². The van der Waals surface area contributed by atoms with Crippen LogP contribution < -0.4 is 5.32 Å². The molecule has 0 fully saturated rings. The summed E-state index contributed by atoms with van der Waals surface area (Å²) in [5.41, 5.74) is 5.95. The quantitative estimate of drug-likeness (QED) is 0.914. The van der Waals surface area contributed by atoms with Gasteiger partial charge >= 0.3 is 0 Å². The molecule has 3 nitrogen and oxygen atoms in total. The molecule has 1 unspecified atom stereocenters. The molecular formula is C15H20BrN3. The van der Waals surface area contributed by atoms with Crippen molar-refractivity contribution in [2.75, 3.05) is 5.32 Å². The highest BCUT2D eigenvalue weighted by Gasteiger charge is 2.16. The van der Waals surface area contributed by atoms with E-state index in [-0.39, 0.29) is 6.04 Å². The second-order valence-electron chi connectivity index (χ2n) is 5.04. The fourth-order valence-electron chi connectivity index (χ4n) is 2.47. The number of nitrogens with zero attached hydrogens (tertiary/aromatic N) is 2. The summed E-state index contributed by atoms with van der Waals surface area (Å²) in [6.07, 6.45) is 0. The number of aryl methyl sites for hydroxylation is 3. The number of rotatable bonds is 3. The fraction of sp³-hybridized carbons (Fsp3) is 0.400. The highest BCUT2D eigenvalue weighted by molar-refractivity contribution is 9.10. The lowest BCUT2D eigenvalue weighted by Crippen LogP contribution is -2.09. The zero-order valence-electron chi connectivity index (χ0n) is 12.1. The zero-order valence-corrected chi connectivity index (χ0v) is 13.7. The topological polar surface area (TPSA) is 29.9 Å². The van der Waals surface area contributed by atoms with Gasteiger partial charge in [-0.15, -0.1) is 0 Å². The highest BCUT2D eigenvalue weighted by atomic mass is 79.9. The molecule has 0 saturated heterocycles. The molecule has 0 saturated carbocycles. The first-order valence-electron chi connectivity index (χ1n) is 6.43. The van der Waals surface area contributed by atoms with Gasteiger partial charge in [0.1, 0.15) is 0 Å². The van der Waals surface area contributed by atoms with E-state index >= 15 is 0 Å². The molecule has 1 N–H and O–H groups in total. The summed E-state index contributed by atoms with van der Waals surface area (Å²) >= 11 is 3.53. The van der Waals surface area contributed by atoms with Crippen molar-refractivity contribution in [2.24, 2.45) is 7.05 Å². The van der Waals surface area contributed by atoms with Crippen molar-refractivity contribution < 1.29 is 0 Å². The van der Waals surface area contributed by atoms with Crippen LogP contribution in [0.15, 0.2) is 22.7 Å². The van der Waals surface area contributed by atoms with Gasteiger partial charge in [0.25, 0.3) is 0 Å². The monoisotopic (exact) mass is 321 g/mol. The molecule has 4 heteroatoms. The van der Waals surface area contributed by atoms with Crippen LogP contribution in [0.2, 0.25) is 0 Å². The molecule has 1 heterocycles. The molecule has 19 heavy (non-hydrogen) atoms. The van der Waals surface area contributed by atoms with Crippen LogP contribution in [0.3, 0.4) is 0 Å². The van der Waals surface area contributed by atoms with E-state index in [0.29, 0.717) is 0 Å². The van der Waals surface area contributed by atoms with Crippen LogP contribution in [0, 0.1) is 20.8 Å². The number of nitrogens with one attached hydrogen (secondary N) is 1. The molecule has 0 spiro atoms. The molecule has 0 aliphatic heterocycles. The minimum Gasteiger partial charge on any atom is -0.378 e. The Morgan fingerprint density at radius 3 is 2.47 bits per heavy atom. The molecule has 1 atom stereocenters. The van der Waals surface area contributed by atoms with Crippen LogP contribution in [0.1, 0.15) is 35.5 Å². The van der Waals surface area contributed by atoms with Gasteiger partial charge < -0.3 is 5.32 Å².